The standard InChI is InChI=1S/C23H27N7O3/c1-14-13-29(8-9-30(14)22(32)33-23(2,3)4)21-25-11-15(12-26-21)16-6-7-17-19(18(16)10-24)27-28(5)20(17)31/h6-7,11-12,14,27H,8-9,13H2,1-5H3/t14-/m1/s1. The number of amides is 1. The number of hydrogen-bond acceptors (Lipinski definition) is 7. The number of aromatic amines is 1. The van der Waals surface area contributed by atoms with E-state index in [1.54, 1.807) is 36.5 Å². The predicted molar refractivity (Wildman–Crippen MR) is 124 cm³/mol. The number of nitriles is 1. The summed E-state index contributed by atoms with van der Waals surface area (Å²) in [7, 11) is 1.62. The maximum absolute atomic E-state index is 12.4. The lowest BCUT2D eigenvalue weighted by Gasteiger charge is -2.40. The van der Waals surface area contributed by atoms with Crippen LogP contribution in [0.25, 0.3) is 22.0 Å². The van der Waals surface area contributed by atoms with Gasteiger partial charge in [0.05, 0.1) is 16.5 Å². The minimum absolute atomic E-state index is 0.0561. The molecule has 10 nitrogen and oxygen atoms in total. The van der Waals surface area contributed by atoms with Crippen molar-refractivity contribution in [3.63, 3.8) is 0 Å². The highest BCUT2D eigenvalue weighted by Gasteiger charge is 2.31. The predicted octanol–water partition coefficient (Wildman–Crippen LogP) is 2.64. The van der Waals surface area contributed by atoms with Crippen LogP contribution in [0, 0.1) is 11.3 Å². The molecule has 1 saturated heterocycles. The molecule has 3 aromatic rings. The Hall–Kier alpha value is -3.87. The summed E-state index contributed by atoms with van der Waals surface area (Å²) in [5.74, 6) is 0.558. The van der Waals surface area contributed by atoms with E-state index in [1.165, 1.54) is 4.68 Å². The molecule has 1 aliphatic rings. The number of hydrogen-bond donors (Lipinski definition) is 1. The second kappa shape index (κ2) is 8.24. The molecule has 1 fully saturated rings. The third kappa shape index (κ3) is 4.26. The van der Waals surface area contributed by atoms with Crippen molar-refractivity contribution in [2.45, 2.75) is 39.3 Å². The highest BCUT2D eigenvalue weighted by atomic mass is 16.6. The van der Waals surface area contributed by atoms with Crippen LogP contribution in [-0.4, -0.2) is 62.0 Å². The number of rotatable bonds is 2. The minimum atomic E-state index is -0.537. The summed E-state index contributed by atoms with van der Waals surface area (Å²) in [4.78, 5) is 37.4. The molecule has 2 aromatic heterocycles. The van der Waals surface area contributed by atoms with Crippen LogP contribution in [0.1, 0.15) is 33.3 Å². The van der Waals surface area contributed by atoms with Crippen LogP contribution in [0.2, 0.25) is 0 Å². The van der Waals surface area contributed by atoms with E-state index in [1.807, 2.05) is 32.6 Å². The molecule has 3 heterocycles. The fraction of sp³-hybridized carbons (Fsp3) is 0.435. The fourth-order valence-corrected chi connectivity index (χ4v) is 4.01. The molecule has 0 bridgehead atoms. The summed E-state index contributed by atoms with van der Waals surface area (Å²) in [5.41, 5.74) is 1.49. The summed E-state index contributed by atoms with van der Waals surface area (Å²) in [6.45, 7) is 9.21. The maximum Gasteiger partial charge on any atom is 0.410 e. The zero-order chi connectivity index (χ0) is 23.9. The summed E-state index contributed by atoms with van der Waals surface area (Å²) >= 11 is 0. The Kier molecular flexibility index (Phi) is 5.57. The van der Waals surface area contributed by atoms with Gasteiger partial charge in [0.1, 0.15) is 11.7 Å². The lowest BCUT2D eigenvalue weighted by Crippen LogP contribution is -2.55. The van der Waals surface area contributed by atoms with E-state index < -0.39 is 5.60 Å². The van der Waals surface area contributed by atoms with Gasteiger partial charge in [-0.15, -0.1) is 0 Å². The molecule has 1 aliphatic heterocycles. The molecule has 0 spiro atoms. The first-order valence-electron chi connectivity index (χ1n) is 10.8. The Balaban J connectivity index is 1.54. The van der Waals surface area contributed by atoms with Crippen molar-refractivity contribution in [3.8, 4) is 17.2 Å². The zero-order valence-corrected chi connectivity index (χ0v) is 19.4. The summed E-state index contributed by atoms with van der Waals surface area (Å²) < 4.78 is 6.86. The van der Waals surface area contributed by atoms with Gasteiger partial charge in [-0.2, -0.15) is 5.26 Å². The van der Waals surface area contributed by atoms with Gasteiger partial charge in [-0.3, -0.25) is 14.6 Å². The second-order valence-corrected chi connectivity index (χ2v) is 9.24. The van der Waals surface area contributed by atoms with Crippen LogP contribution < -0.4 is 10.5 Å². The molecule has 1 N–H and O–H groups in total. The Morgan fingerprint density at radius 3 is 2.55 bits per heavy atom. The molecular weight excluding hydrogens is 422 g/mol. The first-order chi connectivity index (χ1) is 15.6. The zero-order valence-electron chi connectivity index (χ0n) is 19.4. The van der Waals surface area contributed by atoms with Crippen molar-refractivity contribution in [2.24, 2.45) is 7.05 Å². The normalized spacial score (nSPS) is 16.7. The molecule has 0 aliphatic carbocycles. The molecular formula is C23H27N7O3. The molecule has 0 saturated carbocycles. The molecule has 172 valence electrons. The van der Waals surface area contributed by atoms with Crippen molar-refractivity contribution in [3.05, 3.63) is 40.4 Å². The van der Waals surface area contributed by atoms with Crippen molar-refractivity contribution < 1.29 is 9.53 Å². The smallest absolute Gasteiger partial charge is 0.410 e. The van der Waals surface area contributed by atoms with Crippen molar-refractivity contribution >= 4 is 22.9 Å². The van der Waals surface area contributed by atoms with Gasteiger partial charge < -0.3 is 14.5 Å². The van der Waals surface area contributed by atoms with Crippen LogP contribution in [0.4, 0.5) is 10.7 Å². The van der Waals surface area contributed by atoms with Gasteiger partial charge >= 0.3 is 6.09 Å². The van der Waals surface area contributed by atoms with Gasteiger partial charge in [0.25, 0.3) is 5.56 Å². The van der Waals surface area contributed by atoms with Crippen LogP contribution >= 0.6 is 0 Å². The number of aromatic nitrogens is 4. The van der Waals surface area contributed by atoms with E-state index in [9.17, 15) is 14.9 Å². The average molecular weight is 450 g/mol. The number of aryl methyl sites for hydroxylation is 1. The van der Waals surface area contributed by atoms with Gasteiger partial charge in [-0.05, 0) is 33.8 Å². The Bertz CT molecular complexity index is 1300. The number of carbonyl (C=O) groups excluding carboxylic acids is 1. The lowest BCUT2D eigenvalue weighted by molar-refractivity contribution is 0.0158. The Morgan fingerprint density at radius 2 is 1.94 bits per heavy atom. The quantitative estimate of drug-likeness (QED) is 0.638. The van der Waals surface area contributed by atoms with E-state index >= 15 is 0 Å². The first-order valence-corrected chi connectivity index (χ1v) is 10.8. The number of ether oxygens (including phenoxy) is 1. The Labute approximate surface area is 191 Å². The number of carbonyl (C=O) groups is 1. The lowest BCUT2D eigenvalue weighted by atomic mass is 10.0. The van der Waals surface area contributed by atoms with E-state index in [-0.39, 0.29) is 17.7 Å². The number of fused-ring (bicyclic) bond motifs is 1. The number of piperazine rings is 1. The molecule has 1 aromatic carbocycles. The molecule has 4 rings (SSSR count). The van der Waals surface area contributed by atoms with Crippen molar-refractivity contribution in [1.82, 2.24) is 24.6 Å². The monoisotopic (exact) mass is 449 g/mol. The SMILES string of the molecule is C[C@@H]1CN(c2ncc(-c3ccc4c(=O)n(C)[nH]c4c3C#N)cn2)CCN1C(=O)OC(C)(C)C. The van der Waals surface area contributed by atoms with Crippen LogP contribution in [0.5, 0.6) is 0 Å². The Morgan fingerprint density at radius 1 is 1.24 bits per heavy atom. The molecule has 10 heteroatoms. The molecule has 33 heavy (non-hydrogen) atoms. The average Bonchev–Trinajstić information content (AvgIpc) is 3.05. The number of anilines is 1. The van der Waals surface area contributed by atoms with Gasteiger partial charge in [-0.25, -0.2) is 14.8 Å². The molecule has 1 atom stereocenters. The number of nitrogens with one attached hydrogen (secondary N) is 1. The third-order valence-corrected chi connectivity index (χ3v) is 5.62. The summed E-state index contributed by atoms with van der Waals surface area (Å²) in [5, 5.41) is 13.1. The van der Waals surface area contributed by atoms with E-state index in [0.717, 1.165) is 0 Å². The summed E-state index contributed by atoms with van der Waals surface area (Å²) in [6.07, 6.45) is 3.04. The molecule has 0 radical (unpaired) electrons. The highest BCUT2D eigenvalue weighted by Crippen LogP contribution is 2.28. The maximum atomic E-state index is 12.4. The topological polar surface area (TPSA) is 120 Å². The van der Waals surface area contributed by atoms with E-state index in [0.29, 0.717) is 53.2 Å². The van der Waals surface area contributed by atoms with Crippen molar-refractivity contribution in [2.75, 3.05) is 24.5 Å². The fourth-order valence-electron chi connectivity index (χ4n) is 4.01. The molecule has 1 amide bonds. The summed E-state index contributed by atoms with van der Waals surface area (Å²) in [6, 6.07) is 5.59. The third-order valence-electron chi connectivity index (χ3n) is 5.62. The largest absolute Gasteiger partial charge is 0.444 e. The van der Waals surface area contributed by atoms with E-state index in [2.05, 4.69) is 21.1 Å². The van der Waals surface area contributed by atoms with Crippen molar-refractivity contribution in [1.29, 1.82) is 5.26 Å². The molecule has 0 unspecified atom stereocenters. The van der Waals surface area contributed by atoms with Gasteiger partial charge in [0.2, 0.25) is 5.95 Å². The first kappa shape index (κ1) is 22.3. The number of H-pyrrole nitrogens is 1. The minimum Gasteiger partial charge on any atom is -0.444 e. The van der Waals surface area contributed by atoms with Crippen LogP contribution in [0.3, 0.4) is 0 Å². The van der Waals surface area contributed by atoms with E-state index in [4.69, 9.17) is 4.74 Å². The van der Waals surface area contributed by atoms with Gasteiger partial charge in [0.15, 0.2) is 0 Å². The van der Waals surface area contributed by atoms with Crippen LogP contribution in [0.15, 0.2) is 29.3 Å². The number of benzene rings is 1. The van der Waals surface area contributed by atoms with Crippen LogP contribution in [-0.2, 0) is 11.8 Å². The number of nitrogens with zero attached hydrogens (tertiary/aromatic N) is 6. The van der Waals surface area contributed by atoms with Gasteiger partial charge in [0, 0.05) is 56.2 Å². The highest BCUT2D eigenvalue weighted by molar-refractivity contribution is 5.91. The van der Waals surface area contributed by atoms with Gasteiger partial charge in [-0.1, -0.05) is 6.07 Å². The second-order valence-electron chi connectivity index (χ2n) is 9.24.